The van der Waals surface area contributed by atoms with Crippen molar-refractivity contribution in [3.05, 3.63) is 40.8 Å². The Bertz CT molecular complexity index is 630. The Morgan fingerprint density at radius 3 is 3.00 bits per heavy atom. The number of H-pyrrole nitrogens is 1. The first-order valence-corrected chi connectivity index (χ1v) is 6.31. The van der Waals surface area contributed by atoms with Gasteiger partial charge in [-0.1, -0.05) is 11.6 Å². The molecule has 0 aliphatic carbocycles. The van der Waals surface area contributed by atoms with Gasteiger partial charge in [-0.2, -0.15) is 5.10 Å². The van der Waals surface area contributed by atoms with E-state index in [9.17, 15) is 9.18 Å². The maximum Gasteiger partial charge on any atom is 0.255 e. The minimum atomic E-state index is -0.533. The lowest BCUT2D eigenvalue weighted by Gasteiger charge is -2.10. The van der Waals surface area contributed by atoms with E-state index in [0.717, 1.165) is 0 Å². The number of nitrogens with zero attached hydrogens (tertiary/aromatic N) is 1. The van der Waals surface area contributed by atoms with Crippen molar-refractivity contribution in [1.82, 2.24) is 15.5 Å². The van der Waals surface area contributed by atoms with Crippen molar-refractivity contribution in [2.75, 3.05) is 6.61 Å². The maximum atomic E-state index is 13.2. The Hall–Kier alpha value is -1.92. The highest BCUT2D eigenvalue weighted by atomic mass is 35.5. The van der Waals surface area contributed by atoms with Gasteiger partial charge in [0.05, 0.1) is 29.1 Å². The number of hydrogen-bond donors (Lipinski definition) is 3. The molecule has 0 fully saturated rings. The zero-order valence-corrected chi connectivity index (χ0v) is 11.4. The van der Waals surface area contributed by atoms with Gasteiger partial charge in [-0.25, -0.2) is 4.39 Å². The van der Waals surface area contributed by atoms with E-state index in [1.807, 2.05) is 0 Å². The summed E-state index contributed by atoms with van der Waals surface area (Å²) in [6.07, 6.45) is 1.37. The lowest BCUT2D eigenvalue weighted by molar-refractivity contribution is 0.0923. The third-order valence-electron chi connectivity index (χ3n) is 2.74. The number of halogens is 2. The molecule has 1 unspecified atom stereocenters. The number of aromatic amines is 1. The summed E-state index contributed by atoms with van der Waals surface area (Å²) in [6.45, 7) is 1.51. The molecule has 0 aliphatic rings. The molecule has 106 valence electrons. The van der Waals surface area contributed by atoms with Crippen LogP contribution in [0.1, 0.15) is 17.3 Å². The molecule has 0 radical (unpaired) electrons. The largest absolute Gasteiger partial charge is 0.394 e. The second-order valence-corrected chi connectivity index (χ2v) is 4.75. The molecule has 0 bridgehead atoms. The molecule has 0 saturated heterocycles. The van der Waals surface area contributed by atoms with Gasteiger partial charge in [0.1, 0.15) is 5.82 Å². The molecule has 1 heterocycles. The fourth-order valence-electron chi connectivity index (χ4n) is 1.68. The first-order chi connectivity index (χ1) is 9.52. The van der Waals surface area contributed by atoms with Crippen molar-refractivity contribution in [2.24, 2.45) is 0 Å². The zero-order chi connectivity index (χ0) is 14.7. The summed E-state index contributed by atoms with van der Waals surface area (Å²) in [6, 6.07) is 3.76. The Morgan fingerprint density at radius 2 is 2.35 bits per heavy atom. The molecule has 2 rings (SSSR count). The molecule has 1 atom stereocenters. The number of carbonyl (C=O) groups excluding carboxylic acids is 1. The topological polar surface area (TPSA) is 78.0 Å². The molecule has 0 saturated carbocycles. The molecule has 5 nitrogen and oxygen atoms in total. The average molecular weight is 298 g/mol. The summed E-state index contributed by atoms with van der Waals surface area (Å²) in [5.74, 6) is -0.911. The van der Waals surface area contributed by atoms with Crippen LogP contribution in [0.5, 0.6) is 0 Å². The predicted molar refractivity (Wildman–Crippen MR) is 73.0 cm³/mol. The molecule has 0 spiro atoms. The fourth-order valence-corrected chi connectivity index (χ4v) is 1.86. The Balaban J connectivity index is 2.32. The lowest BCUT2D eigenvalue weighted by atomic mass is 10.1. The minimum Gasteiger partial charge on any atom is -0.394 e. The van der Waals surface area contributed by atoms with Crippen LogP contribution in [0.25, 0.3) is 11.3 Å². The summed E-state index contributed by atoms with van der Waals surface area (Å²) >= 11 is 5.73. The molecule has 3 N–H and O–H groups in total. The second-order valence-electron chi connectivity index (χ2n) is 4.34. The first kappa shape index (κ1) is 14.5. The van der Waals surface area contributed by atoms with Crippen molar-refractivity contribution < 1.29 is 14.3 Å². The monoisotopic (exact) mass is 297 g/mol. The number of hydrogen-bond acceptors (Lipinski definition) is 3. The van der Waals surface area contributed by atoms with Crippen molar-refractivity contribution in [3.8, 4) is 11.3 Å². The summed E-state index contributed by atoms with van der Waals surface area (Å²) in [5.41, 5.74) is 1.29. The quantitative estimate of drug-likeness (QED) is 0.807. The number of benzene rings is 1. The van der Waals surface area contributed by atoms with Crippen LogP contribution in [0.4, 0.5) is 4.39 Å². The molecular weight excluding hydrogens is 285 g/mol. The number of aromatic nitrogens is 2. The highest BCUT2D eigenvalue weighted by molar-refractivity contribution is 6.31. The normalized spacial score (nSPS) is 12.2. The third kappa shape index (κ3) is 2.97. The molecule has 1 amide bonds. The van der Waals surface area contributed by atoms with E-state index >= 15 is 0 Å². The lowest BCUT2D eigenvalue weighted by Crippen LogP contribution is -2.35. The Labute approximate surface area is 119 Å². The maximum absolute atomic E-state index is 13.2. The van der Waals surface area contributed by atoms with Gasteiger partial charge in [-0.3, -0.25) is 9.89 Å². The van der Waals surface area contributed by atoms with Crippen LogP contribution in [-0.2, 0) is 0 Å². The number of carbonyl (C=O) groups is 1. The van der Waals surface area contributed by atoms with E-state index in [4.69, 9.17) is 16.7 Å². The highest BCUT2D eigenvalue weighted by Crippen LogP contribution is 2.25. The average Bonchev–Trinajstić information content (AvgIpc) is 2.91. The summed E-state index contributed by atoms with van der Waals surface area (Å²) < 4.78 is 13.2. The van der Waals surface area contributed by atoms with Crippen molar-refractivity contribution in [2.45, 2.75) is 13.0 Å². The molecule has 7 heteroatoms. The van der Waals surface area contributed by atoms with E-state index in [1.165, 1.54) is 24.4 Å². The molecule has 2 aromatic rings. The predicted octanol–water partition coefficient (Wildman–Crippen LogP) is 1.98. The number of rotatable bonds is 4. The van der Waals surface area contributed by atoms with E-state index in [1.54, 1.807) is 6.92 Å². The van der Waals surface area contributed by atoms with Crippen LogP contribution >= 0.6 is 11.6 Å². The number of amides is 1. The smallest absolute Gasteiger partial charge is 0.255 e. The second kappa shape index (κ2) is 6.02. The van der Waals surface area contributed by atoms with Crippen molar-refractivity contribution in [1.29, 1.82) is 0 Å². The third-order valence-corrected chi connectivity index (χ3v) is 3.03. The molecule has 1 aromatic heterocycles. The van der Waals surface area contributed by atoms with E-state index in [0.29, 0.717) is 16.8 Å². The van der Waals surface area contributed by atoms with Gasteiger partial charge < -0.3 is 10.4 Å². The van der Waals surface area contributed by atoms with E-state index in [-0.39, 0.29) is 23.6 Å². The minimum absolute atomic E-state index is 0.0350. The number of aliphatic hydroxyl groups is 1. The van der Waals surface area contributed by atoms with Crippen molar-refractivity contribution >= 4 is 17.5 Å². The summed E-state index contributed by atoms with van der Waals surface area (Å²) in [7, 11) is 0. The SMILES string of the molecule is CC(CO)NC(=O)c1cn[nH]c1-c1ccc(F)c(Cl)c1. The molecule has 0 aliphatic heterocycles. The van der Waals surface area contributed by atoms with Gasteiger partial charge >= 0.3 is 0 Å². The van der Waals surface area contributed by atoms with Crippen molar-refractivity contribution in [3.63, 3.8) is 0 Å². The van der Waals surface area contributed by atoms with Crippen LogP contribution in [0.3, 0.4) is 0 Å². The van der Waals surface area contributed by atoms with Crippen LogP contribution in [0, 0.1) is 5.82 Å². The number of aliphatic hydroxyl groups excluding tert-OH is 1. The van der Waals surface area contributed by atoms with Crippen LogP contribution < -0.4 is 5.32 Å². The first-order valence-electron chi connectivity index (χ1n) is 5.93. The Kier molecular flexibility index (Phi) is 4.36. The van der Waals surface area contributed by atoms with Crippen LogP contribution in [-0.4, -0.2) is 33.9 Å². The molecule has 1 aromatic carbocycles. The van der Waals surface area contributed by atoms with Gasteiger partial charge in [0.25, 0.3) is 5.91 Å². The fraction of sp³-hybridized carbons (Fsp3) is 0.231. The van der Waals surface area contributed by atoms with Gasteiger partial charge in [-0.15, -0.1) is 0 Å². The van der Waals surface area contributed by atoms with Crippen LogP contribution in [0.2, 0.25) is 5.02 Å². The highest BCUT2D eigenvalue weighted by Gasteiger charge is 2.17. The summed E-state index contributed by atoms with van der Waals surface area (Å²) in [5, 5.41) is 18.0. The molecular formula is C13H13ClFN3O2. The zero-order valence-electron chi connectivity index (χ0n) is 10.7. The van der Waals surface area contributed by atoms with Gasteiger partial charge in [0, 0.05) is 11.6 Å². The van der Waals surface area contributed by atoms with Gasteiger partial charge in [0.2, 0.25) is 0 Å². The number of nitrogens with one attached hydrogen (secondary N) is 2. The van der Waals surface area contributed by atoms with Crippen LogP contribution in [0.15, 0.2) is 24.4 Å². The van der Waals surface area contributed by atoms with E-state index in [2.05, 4.69) is 15.5 Å². The van der Waals surface area contributed by atoms with Gasteiger partial charge in [-0.05, 0) is 25.1 Å². The van der Waals surface area contributed by atoms with Gasteiger partial charge in [0.15, 0.2) is 0 Å². The standard InChI is InChI=1S/C13H13ClFN3O2/c1-7(6-19)17-13(20)9-5-16-18-12(9)8-2-3-11(15)10(14)4-8/h2-5,7,19H,6H2,1H3,(H,16,18)(H,17,20). The molecule has 20 heavy (non-hydrogen) atoms. The Morgan fingerprint density at radius 1 is 1.60 bits per heavy atom. The summed E-state index contributed by atoms with van der Waals surface area (Å²) in [4.78, 5) is 12.0. The van der Waals surface area contributed by atoms with E-state index < -0.39 is 5.82 Å².